The summed E-state index contributed by atoms with van der Waals surface area (Å²) in [6.07, 6.45) is 2.21. The molecule has 2 aliphatic rings. The van der Waals surface area contributed by atoms with E-state index >= 15 is 0 Å². The molecule has 0 aliphatic carbocycles. The van der Waals surface area contributed by atoms with E-state index in [9.17, 15) is 4.79 Å². The standard InChI is InChI=1S/C19H29N3O2.2ClH/c1-21(2)11-12-24-18-6-4-3-5-17(18)19(23)22-9-7-15-13-20-14-16(15)8-10-22;;/h3-6,15-16,20H,7-14H2,1-2H3;2*1H/t15-,16+;;. The number of ether oxygens (including phenoxy) is 1. The van der Waals surface area contributed by atoms with E-state index in [0.29, 0.717) is 17.9 Å². The number of amides is 1. The summed E-state index contributed by atoms with van der Waals surface area (Å²) in [5, 5.41) is 3.48. The lowest BCUT2D eigenvalue weighted by Gasteiger charge is -2.22. The van der Waals surface area contributed by atoms with Crippen molar-refractivity contribution in [2.45, 2.75) is 12.8 Å². The average Bonchev–Trinajstić information content (AvgIpc) is 2.93. The van der Waals surface area contributed by atoms with Crippen LogP contribution in [-0.2, 0) is 0 Å². The molecule has 1 aromatic rings. The quantitative estimate of drug-likeness (QED) is 0.820. The summed E-state index contributed by atoms with van der Waals surface area (Å²) >= 11 is 0. The molecule has 2 fully saturated rings. The van der Waals surface area contributed by atoms with Crippen molar-refractivity contribution in [3.8, 4) is 5.75 Å². The molecule has 148 valence electrons. The summed E-state index contributed by atoms with van der Waals surface area (Å²) in [6.45, 7) is 5.35. The molecule has 0 unspecified atom stereocenters. The Kier molecular flexibility index (Phi) is 9.72. The monoisotopic (exact) mass is 403 g/mol. The lowest BCUT2D eigenvalue weighted by molar-refractivity contribution is 0.0753. The highest BCUT2D eigenvalue weighted by molar-refractivity contribution is 5.97. The van der Waals surface area contributed by atoms with E-state index in [-0.39, 0.29) is 30.7 Å². The van der Waals surface area contributed by atoms with Gasteiger partial charge in [0, 0.05) is 19.6 Å². The predicted molar refractivity (Wildman–Crippen MR) is 110 cm³/mol. The predicted octanol–water partition coefficient (Wildman–Crippen LogP) is 2.54. The van der Waals surface area contributed by atoms with E-state index in [2.05, 4.69) is 10.2 Å². The zero-order valence-electron chi connectivity index (χ0n) is 15.6. The third kappa shape index (κ3) is 5.74. The van der Waals surface area contributed by atoms with Crippen LogP contribution in [0.15, 0.2) is 24.3 Å². The number of para-hydroxylation sites is 1. The molecule has 0 radical (unpaired) electrons. The van der Waals surface area contributed by atoms with Crippen LogP contribution in [0.4, 0.5) is 0 Å². The molecule has 0 aromatic heterocycles. The largest absolute Gasteiger partial charge is 0.491 e. The number of hydrogen-bond donors (Lipinski definition) is 1. The summed E-state index contributed by atoms with van der Waals surface area (Å²) in [7, 11) is 4.03. The van der Waals surface area contributed by atoms with Crippen molar-refractivity contribution in [2.75, 3.05) is 53.4 Å². The van der Waals surface area contributed by atoms with E-state index in [1.54, 1.807) is 0 Å². The second-order valence-electron chi connectivity index (χ2n) is 7.20. The first-order valence-corrected chi connectivity index (χ1v) is 9.01. The first-order valence-electron chi connectivity index (χ1n) is 9.01. The molecule has 0 spiro atoms. The molecule has 26 heavy (non-hydrogen) atoms. The number of likely N-dealkylation sites (tertiary alicyclic amines) is 1. The van der Waals surface area contributed by atoms with E-state index in [4.69, 9.17) is 4.74 Å². The number of carbonyl (C=O) groups excluding carboxylic acids is 1. The van der Waals surface area contributed by atoms with Gasteiger partial charge in [0.2, 0.25) is 0 Å². The van der Waals surface area contributed by atoms with Gasteiger partial charge in [-0.1, -0.05) is 12.1 Å². The van der Waals surface area contributed by atoms with Crippen LogP contribution in [0.25, 0.3) is 0 Å². The highest BCUT2D eigenvalue weighted by Gasteiger charge is 2.32. The van der Waals surface area contributed by atoms with Gasteiger partial charge in [-0.2, -0.15) is 0 Å². The third-order valence-electron chi connectivity index (χ3n) is 5.22. The number of carbonyl (C=O) groups is 1. The van der Waals surface area contributed by atoms with Crippen LogP contribution in [0.3, 0.4) is 0 Å². The fourth-order valence-corrected chi connectivity index (χ4v) is 3.70. The Morgan fingerprint density at radius 1 is 1.15 bits per heavy atom. The number of benzene rings is 1. The van der Waals surface area contributed by atoms with Crippen LogP contribution in [0.2, 0.25) is 0 Å². The molecule has 3 rings (SSSR count). The van der Waals surface area contributed by atoms with Gasteiger partial charge in [-0.3, -0.25) is 4.79 Å². The zero-order chi connectivity index (χ0) is 16.9. The molecule has 1 amide bonds. The molecule has 2 atom stereocenters. The highest BCUT2D eigenvalue weighted by Crippen LogP contribution is 2.28. The fourth-order valence-electron chi connectivity index (χ4n) is 3.70. The van der Waals surface area contributed by atoms with Crippen LogP contribution in [-0.4, -0.2) is 69.1 Å². The van der Waals surface area contributed by atoms with E-state index < -0.39 is 0 Å². The first kappa shape index (κ1) is 23.0. The van der Waals surface area contributed by atoms with Crippen LogP contribution < -0.4 is 10.1 Å². The van der Waals surface area contributed by atoms with Crippen molar-refractivity contribution in [2.24, 2.45) is 11.8 Å². The van der Waals surface area contributed by atoms with Crippen LogP contribution >= 0.6 is 24.8 Å². The third-order valence-corrected chi connectivity index (χ3v) is 5.22. The minimum atomic E-state index is 0. The maximum absolute atomic E-state index is 13.0. The molecule has 0 saturated carbocycles. The Morgan fingerprint density at radius 2 is 1.77 bits per heavy atom. The van der Waals surface area contributed by atoms with Crippen molar-refractivity contribution in [3.63, 3.8) is 0 Å². The second-order valence-corrected chi connectivity index (χ2v) is 7.20. The molecule has 2 aliphatic heterocycles. The normalized spacial score (nSPS) is 22.0. The van der Waals surface area contributed by atoms with Gasteiger partial charge in [-0.15, -0.1) is 24.8 Å². The number of fused-ring (bicyclic) bond motifs is 1. The fraction of sp³-hybridized carbons (Fsp3) is 0.632. The summed E-state index contributed by atoms with van der Waals surface area (Å²) in [5.41, 5.74) is 0.696. The Morgan fingerprint density at radius 3 is 2.38 bits per heavy atom. The number of halogens is 2. The van der Waals surface area contributed by atoms with Crippen molar-refractivity contribution >= 4 is 30.7 Å². The number of hydrogen-bond acceptors (Lipinski definition) is 4. The highest BCUT2D eigenvalue weighted by atomic mass is 35.5. The summed E-state index contributed by atoms with van der Waals surface area (Å²) < 4.78 is 5.87. The van der Waals surface area contributed by atoms with Gasteiger partial charge in [-0.25, -0.2) is 0 Å². The summed E-state index contributed by atoms with van der Waals surface area (Å²) in [4.78, 5) is 17.1. The molecular formula is C19H31Cl2N3O2. The van der Waals surface area contributed by atoms with Crippen molar-refractivity contribution < 1.29 is 9.53 Å². The van der Waals surface area contributed by atoms with Gasteiger partial charge in [0.15, 0.2) is 0 Å². The van der Waals surface area contributed by atoms with Crippen molar-refractivity contribution in [1.82, 2.24) is 15.1 Å². The maximum Gasteiger partial charge on any atom is 0.257 e. The molecule has 5 nitrogen and oxygen atoms in total. The van der Waals surface area contributed by atoms with Gasteiger partial charge in [-0.05, 0) is 64.0 Å². The van der Waals surface area contributed by atoms with E-state index in [1.807, 2.05) is 43.3 Å². The Labute approximate surface area is 169 Å². The molecule has 2 heterocycles. The van der Waals surface area contributed by atoms with Gasteiger partial charge >= 0.3 is 0 Å². The smallest absolute Gasteiger partial charge is 0.257 e. The average molecular weight is 404 g/mol. The number of nitrogens with one attached hydrogen (secondary N) is 1. The van der Waals surface area contributed by atoms with Crippen LogP contribution in [0.5, 0.6) is 5.75 Å². The molecule has 7 heteroatoms. The van der Waals surface area contributed by atoms with E-state index in [0.717, 1.165) is 57.4 Å². The first-order chi connectivity index (χ1) is 11.6. The second kappa shape index (κ2) is 11.0. The molecule has 1 aromatic carbocycles. The maximum atomic E-state index is 13.0. The summed E-state index contributed by atoms with van der Waals surface area (Å²) in [5.74, 6) is 2.28. The minimum Gasteiger partial charge on any atom is -0.491 e. The summed E-state index contributed by atoms with van der Waals surface area (Å²) in [6, 6.07) is 7.64. The molecule has 1 N–H and O–H groups in total. The zero-order valence-corrected chi connectivity index (χ0v) is 17.3. The van der Waals surface area contributed by atoms with Crippen LogP contribution in [0, 0.1) is 11.8 Å². The Bertz CT molecular complexity index is 557. The van der Waals surface area contributed by atoms with Crippen molar-refractivity contribution in [3.05, 3.63) is 29.8 Å². The number of nitrogens with zero attached hydrogens (tertiary/aromatic N) is 2. The molecule has 2 saturated heterocycles. The van der Waals surface area contributed by atoms with Gasteiger partial charge in [0.1, 0.15) is 12.4 Å². The van der Waals surface area contributed by atoms with E-state index in [1.165, 1.54) is 0 Å². The lowest BCUT2D eigenvalue weighted by atomic mass is 9.92. The molecule has 0 bridgehead atoms. The number of likely N-dealkylation sites (N-methyl/N-ethyl adjacent to an activating group) is 1. The SMILES string of the molecule is CN(C)CCOc1ccccc1C(=O)N1CC[C@@H]2CNC[C@@H]2CC1.Cl.Cl. The van der Waals surface area contributed by atoms with Crippen LogP contribution in [0.1, 0.15) is 23.2 Å². The Balaban J connectivity index is 0.00000169. The lowest BCUT2D eigenvalue weighted by Crippen LogP contribution is -2.33. The van der Waals surface area contributed by atoms with Gasteiger partial charge in [0.25, 0.3) is 5.91 Å². The van der Waals surface area contributed by atoms with Gasteiger partial charge < -0.3 is 19.9 Å². The minimum absolute atomic E-state index is 0. The number of rotatable bonds is 5. The topological polar surface area (TPSA) is 44.8 Å². The van der Waals surface area contributed by atoms with Crippen molar-refractivity contribution in [1.29, 1.82) is 0 Å². The molecular weight excluding hydrogens is 373 g/mol. The Hall–Kier alpha value is -1.01. The van der Waals surface area contributed by atoms with Gasteiger partial charge in [0.05, 0.1) is 5.56 Å².